The van der Waals surface area contributed by atoms with E-state index in [4.69, 9.17) is 11.1 Å². The number of nitrogens with zero attached hydrogens (tertiary/aromatic N) is 1. The molecule has 2 rings (SSSR count). The van der Waals surface area contributed by atoms with Gasteiger partial charge in [-0.25, -0.2) is 9.37 Å². The molecule has 1 unspecified atom stereocenters. The SMILES string of the molecule is CCC(N)CCNc1nc2cc(F)c(C)cc2cc1C(=N)NC(C)=O. The fourth-order valence-electron chi connectivity index (χ4n) is 2.46. The molecule has 0 saturated carbocycles. The number of amidine groups is 1. The number of rotatable bonds is 6. The van der Waals surface area contributed by atoms with E-state index in [0.717, 1.165) is 12.8 Å². The second-order valence-corrected chi connectivity index (χ2v) is 6.12. The first-order valence-electron chi connectivity index (χ1n) is 8.28. The van der Waals surface area contributed by atoms with E-state index >= 15 is 0 Å². The summed E-state index contributed by atoms with van der Waals surface area (Å²) < 4.78 is 13.8. The zero-order valence-corrected chi connectivity index (χ0v) is 14.7. The molecule has 5 N–H and O–H groups in total. The number of amides is 1. The fraction of sp³-hybridized carbons (Fsp3) is 0.389. The molecule has 1 atom stereocenters. The van der Waals surface area contributed by atoms with Gasteiger partial charge in [-0.1, -0.05) is 6.92 Å². The van der Waals surface area contributed by atoms with Gasteiger partial charge >= 0.3 is 0 Å². The van der Waals surface area contributed by atoms with Crippen molar-refractivity contribution in [1.82, 2.24) is 10.3 Å². The van der Waals surface area contributed by atoms with Crippen LogP contribution >= 0.6 is 0 Å². The highest BCUT2D eigenvalue weighted by atomic mass is 19.1. The van der Waals surface area contributed by atoms with Crippen LogP contribution in [-0.2, 0) is 4.79 Å². The van der Waals surface area contributed by atoms with Crippen molar-refractivity contribution in [2.45, 2.75) is 39.7 Å². The highest BCUT2D eigenvalue weighted by Gasteiger charge is 2.14. The Bertz CT molecular complexity index is 806. The summed E-state index contributed by atoms with van der Waals surface area (Å²) in [7, 11) is 0. The van der Waals surface area contributed by atoms with Gasteiger partial charge < -0.3 is 16.4 Å². The molecular weight excluding hydrogens is 321 g/mol. The normalized spacial score (nSPS) is 12.0. The van der Waals surface area contributed by atoms with Crippen LogP contribution in [0.4, 0.5) is 10.2 Å². The van der Waals surface area contributed by atoms with Crippen LogP contribution in [0.25, 0.3) is 10.9 Å². The molecule has 0 fully saturated rings. The summed E-state index contributed by atoms with van der Waals surface area (Å²) in [6, 6.07) is 4.86. The molecule has 6 nitrogen and oxygen atoms in total. The number of nitrogens with two attached hydrogens (primary N) is 1. The second kappa shape index (κ2) is 8.02. The van der Waals surface area contributed by atoms with Crippen LogP contribution < -0.4 is 16.4 Å². The molecule has 0 aliphatic carbocycles. The van der Waals surface area contributed by atoms with Crippen LogP contribution in [0.1, 0.15) is 37.8 Å². The number of fused-ring (bicyclic) bond motifs is 1. The Hall–Kier alpha value is -2.54. The molecule has 0 aliphatic rings. The van der Waals surface area contributed by atoms with E-state index in [2.05, 4.69) is 15.6 Å². The molecule has 0 bridgehead atoms. The Labute approximate surface area is 146 Å². The lowest BCUT2D eigenvalue weighted by atomic mass is 10.1. The van der Waals surface area contributed by atoms with Gasteiger partial charge in [-0.2, -0.15) is 0 Å². The van der Waals surface area contributed by atoms with E-state index in [1.807, 2.05) is 6.92 Å². The first-order chi connectivity index (χ1) is 11.8. The predicted molar refractivity (Wildman–Crippen MR) is 98.5 cm³/mol. The Balaban J connectivity index is 2.41. The van der Waals surface area contributed by atoms with Gasteiger partial charge in [-0.05, 0) is 37.5 Å². The van der Waals surface area contributed by atoms with Crippen molar-refractivity contribution in [2.75, 3.05) is 11.9 Å². The number of nitrogens with one attached hydrogen (secondary N) is 3. The monoisotopic (exact) mass is 345 g/mol. The largest absolute Gasteiger partial charge is 0.369 e. The Morgan fingerprint density at radius 2 is 2.12 bits per heavy atom. The molecule has 1 heterocycles. The minimum absolute atomic E-state index is 0.0498. The summed E-state index contributed by atoms with van der Waals surface area (Å²) in [6.07, 6.45) is 1.61. The van der Waals surface area contributed by atoms with E-state index in [9.17, 15) is 9.18 Å². The molecule has 25 heavy (non-hydrogen) atoms. The smallest absolute Gasteiger partial charge is 0.222 e. The molecule has 0 aliphatic heterocycles. The fourth-order valence-corrected chi connectivity index (χ4v) is 2.46. The maximum atomic E-state index is 13.8. The van der Waals surface area contributed by atoms with E-state index in [1.165, 1.54) is 13.0 Å². The molecule has 7 heteroatoms. The van der Waals surface area contributed by atoms with Gasteiger partial charge in [0.05, 0.1) is 11.1 Å². The summed E-state index contributed by atoms with van der Waals surface area (Å²) in [5.74, 6) is -0.285. The molecule has 0 radical (unpaired) electrons. The number of carbonyl (C=O) groups is 1. The van der Waals surface area contributed by atoms with Crippen LogP contribution in [0.5, 0.6) is 0 Å². The number of halogens is 1. The van der Waals surface area contributed by atoms with Gasteiger partial charge in [0.2, 0.25) is 5.91 Å². The lowest BCUT2D eigenvalue weighted by Crippen LogP contribution is -2.29. The molecule has 134 valence electrons. The first-order valence-corrected chi connectivity index (χ1v) is 8.28. The van der Waals surface area contributed by atoms with Gasteiger partial charge in [-0.15, -0.1) is 0 Å². The number of carbonyl (C=O) groups excluding carboxylic acids is 1. The van der Waals surface area contributed by atoms with Gasteiger partial charge in [-0.3, -0.25) is 10.2 Å². The number of hydrogen-bond acceptors (Lipinski definition) is 5. The number of anilines is 1. The molecule has 0 spiro atoms. The first kappa shape index (κ1) is 18.8. The lowest BCUT2D eigenvalue weighted by molar-refractivity contribution is -0.117. The van der Waals surface area contributed by atoms with Gasteiger partial charge in [0.25, 0.3) is 0 Å². The minimum atomic E-state index is -0.334. The maximum absolute atomic E-state index is 13.8. The van der Waals surface area contributed by atoms with Gasteiger partial charge in [0.15, 0.2) is 0 Å². The topological polar surface area (TPSA) is 104 Å². The predicted octanol–water partition coefficient (Wildman–Crippen LogP) is 2.68. The minimum Gasteiger partial charge on any atom is -0.369 e. The van der Waals surface area contributed by atoms with Crippen molar-refractivity contribution in [1.29, 1.82) is 5.41 Å². The van der Waals surface area contributed by atoms with Crippen LogP contribution in [0.3, 0.4) is 0 Å². The third kappa shape index (κ3) is 4.73. The standard InChI is InChI=1S/C18H24FN5O/c1-4-13(20)5-6-22-18-14(17(21)23-11(3)25)8-12-7-10(2)15(19)9-16(12)24-18/h7-9,13H,4-6,20H2,1-3H3,(H,22,24)(H2,21,23,25). The number of aromatic nitrogens is 1. The van der Waals surface area contributed by atoms with E-state index in [-0.39, 0.29) is 23.6 Å². The second-order valence-electron chi connectivity index (χ2n) is 6.12. The number of pyridine rings is 1. The molecule has 2 aromatic rings. The molecular formula is C18H24FN5O. The summed E-state index contributed by atoms with van der Waals surface area (Å²) >= 11 is 0. The molecule has 0 saturated heterocycles. The van der Waals surface area contributed by atoms with E-state index in [0.29, 0.717) is 34.4 Å². The summed E-state index contributed by atoms with van der Waals surface area (Å²) in [6.45, 7) is 5.60. The zero-order chi connectivity index (χ0) is 18.6. The molecule has 1 aromatic carbocycles. The third-order valence-electron chi connectivity index (χ3n) is 4.00. The third-order valence-corrected chi connectivity index (χ3v) is 4.00. The van der Waals surface area contributed by atoms with Crippen molar-refractivity contribution in [2.24, 2.45) is 5.73 Å². The number of hydrogen-bond donors (Lipinski definition) is 4. The lowest BCUT2D eigenvalue weighted by Gasteiger charge is -2.15. The van der Waals surface area contributed by atoms with Gasteiger partial charge in [0.1, 0.15) is 17.5 Å². The van der Waals surface area contributed by atoms with Crippen LogP contribution in [0, 0.1) is 18.2 Å². The van der Waals surface area contributed by atoms with Crippen molar-refractivity contribution < 1.29 is 9.18 Å². The Morgan fingerprint density at radius 1 is 1.40 bits per heavy atom. The van der Waals surface area contributed by atoms with Crippen LogP contribution in [-0.4, -0.2) is 29.3 Å². The highest BCUT2D eigenvalue weighted by molar-refractivity contribution is 6.10. The Morgan fingerprint density at radius 3 is 2.76 bits per heavy atom. The molecule has 1 aromatic heterocycles. The van der Waals surface area contributed by atoms with Crippen molar-refractivity contribution in [3.05, 3.63) is 35.1 Å². The summed E-state index contributed by atoms with van der Waals surface area (Å²) in [4.78, 5) is 15.7. The number of aryl methyl sites for hydroxylation is 1. The van der Waals surface area contributed by atoms with Crippen LogP contribution in [0.2, 0.25) is 0 Å². The average Bonchev–Trinajstić information content (AvgIpc) is 2.54. The summed E-state index contributed by atoms with van der Waals surface area (Å²) in [5, 5.41) is 14.4. The van der Waals surface area contributed by atoms with E-state index in [1.54, 1.807) is 19.1 Å². The quantitative estimate of drug-likeness (QED) is 0.477. The van der Waals surface area contributed by atoms with Crippen molar-refractivity contribution in [3.8, 4) is 0 Å². The summed E-state index contributed by atoms with van der Waals surface area (Å²) in [5.41, 5.74) is 7.37. The maximum Gasteiger partial charge on any atom is 0.222 e. The Kier molecular flexibility index (Phi) is 6.03. The average molecular weight is 345 g/mol. The zero-order valence-electron chi connectivity index (χ0n) is 14.7. The van der Waals surface area contributed by atoms with Crippen molar-refractivity contribution >= 4 is 28.5 Å². The van der Waals surface area contributed by atoms with E-state index < -0.39 is 0 Å². The number of benzene rings is 1. The van der Waals surface area contributed by atoms with Crippen LogP contribution in [0.15, 0.2) is 18.2 Å². The van der Waals surface area contributed by atoms with Gasteiger partial charge in [0, 0.05) is 31.0 Å². The van der Waals surface area contributed by atoms with Crippen molar-refractivity contribution in [3.63, 3.8) is 0 Å². The highest BCUT2D eigenvalue weighted by Crippen LogP contribution is 2.23. The molecule has 1 amide bonds.